The van der Waals surface area contributed by atoms with E-state index in [9.17, 15) is 14.4 Å². The molecule has 3 aromatic carbocycles. The number of rotatable bonds is 7. The summed E-state index contributed by atoms with van der Waals surface area (Å²) < 4.78 is 11.7. The van der Waals surface area contributed by atoms with Crippen molar-refractivity contribution in [2.75, 3.05) is 11.5 Å². The minimum Gasteiger partial charge on any atom is -0.490 e. The lowest BCUT2D eigenvalue weighted by molar-refractivity contribution is -0.122. The lowest BCUT2D eigenvalue weighted by atomic mass is 10.0. The van der Waals surface area contributed by atoms with Crippen LogP contribution in [0.4, 0.5) is 10.5 Å². The SMILES string of the molecule is CCOc1cc(/C=C2\C(=O)NC(=O)N(c3cc(C)ccc3C)C2=O)cc(Cl)c1OCc1ccc(C)cc1. The van der Waals surface area contributed by atoms with Crippen molar-refractivity contribution in [1.82, 2.24) is 5.32 Å². The molecule has 1 fully saturated rings. The second kappa shape index (κ2) is 10.9. The largest absolute Gasteiger partial charge is 0.490 e. The highest BCUT2D eigenvalue weighted by Crippen LogP contribution is 2.38. The topological polar surface area (TPSA) is 84.9 Å². The van der Waals surface area contributed by atoms with Gasteiger partial charge in [-0.15, -0.1) is 0 Å². The van der Waals surface area contributed by atoms with Crippen LogP contribution < -0.4 is 19.7 Å². The smallest absolute Gasteiger partial charge is 0.335 e. The van der Waals surface area contributed by atoms with Crippen LogP contribution in [-0.2, 0) is 16.2 Å². The zero-order valence-corrected chi connectivity index (χ0v) is 21.8. The van der Waals surface area contributed by atoms with Crippen LogP contribution in [0.15, 0.2) is 60.2 Å². The van der Waals surface area contributed by atoms with Gasteiger partial charge in [0.25, 0.3) is 11.8 Å². The van der Waals surface area contributed by atoms with Crippen molar-refractivity contribution >= 4 is 41.2 Å². The molecule has 1 saturated heterocycles. The van der Waals surface area contributed by atoms with E-state index < -0.39 is 17.8 Å². The number of hydrogen-bond donors (Lipinski definition) is 1. The van der Waals surface area contributed by atoms with Gasteiger partial charge in [-0.05, 0) is 74.2 Å². The molecule has 4 rings (SSSR count). The molecular weight excluding hydrogens is 492 g/mol. The molecule has 7 nitrogen and oxygen atoms in total. The van der Waals surface area contributed by atoms with E-state index >= 15 is 0 Å². The van der Waals surface area contributed by atoms with Crippen LogP contribution in [0.25, 0.3) is 6.08 Å². The van der Waals surface area contributed by atoms with Crippen LogP contribution in [0.3, 0.4) is 0 Å². The minimum atomic E-state index is -0.797. The van der Waals surface area contributed by atoms with E-state index in [1.165, 1.54) is 6.08 Å². The molecule has 1 N–H and O–H groups in total. The number of aryl methyl sites for hydroxylation is 3. The summed E-state index contributed by atoms with van der Waals surface area (Å²) in [4.78, 5) is 39.6. The molecule has 0 atom stereocenters. The van der Waals surface area contributed by atoms with Crippen LogP contribution in [0.2, 0.25) is 5.02 Å². The predicted molar refractivity (Wildman–Crippen MR) is 143 cm³/mol. The normalized spacial score (nSPS) is 14.7. The maximum Gasteiger partial charge on any atom is 0.335 e. The summed E-state index contributed by atoms with van der Waals surface area (Å²) in [5, 5.41) is 2.51. The number of imide groups is 2. The molecule has 1 heterocycles. The first-order valence-electron chi connectivity index (χ1n) is 11.8. The molecule has 8 heteroatoms. The molecule has 0 aromatic heterocycles. The number of amides is 4. The number of nitrogens with one attached hydrogen (secondary N) is 1. The fraction of sp³-hybridized carbons (Fsp3) is 0.207. The van der Waals surface area contributed by atoms with E-state index in [0.717, 1.165) is 27.2 Å². The van der Waals surface area contributed by atoms with Crippen LogP contribution in [0.5, 0.6) is 11.5 Å². The van der Waals surface area contributed by atoms with Gasteiger partial charge in [0, 0.05) is 0 Å². The third-order valence-corrected chi connectivity index (χ3v) is 6.13. The van der Waals surface area contributed by atoms with Gasteiger partial charge in [0.15, 0.2) is 11.5 Å². The van der Waals surface area contributed by atoms with Crippen molar-refractivity contribution in [3.63, 3.8) is 0 Å². The van der Waals surface area contributed by atoms with Gasteiger partial charge in [-0.25, -0.2) is 9.69 Å². The summed E-state index contributed by atoms with van der Waals surface area (Å²) in [6, 6.07) is 15.8. The number of halogens is 1. The molecule has 0 saturated carbocycles. The Balaban J connectivity index is 1.67. The fourth-order valence-corrected chi connectivity index (χ4v) is 4.19. The first-order valence-corrected chi connectivity index (χ1v) is 12.2. The minimum absolute atomic E-state index is 0.202. The van der Waals surface area contributed by atoms with E-state index in [-0.39, 0.29) is 17.2 Å². The molecule has 0 aliphatic carbocycles. The first kappa shape index (κ1) is 26.0. The molecular formula is C29H27ClN2O5. The Hall–Kier alpha value is -4.10. The Morgan fingerprint density at radius 2 is 1.62 bits per heavy atom. The number of barbiturate groups is 1. The van der Waals surface area contributed by atoms with E-state index in [0.29, 0.717) is 29.4 Å². The summed E-state index contributed by atoms with van der Waals surface area (Å²) in [5.41, 5.74) is 4.37. The Kier molecular flexibility index (Phi) is 7.64. The Morgan fingerprint density at radius 1 is 0.919 bits per heavy atom. The molecule has 0 radical (unpaired) electrons. The molecule has 3 aromatic rings. The van der Waals surface area contributed by atoms with E-state index in [4.69, 9.17) is 21.1 Å². The van der Waals surface area contributed by atoms with Gasteiger partial charge in [0.05, 0.1) is 17.3 Å². The number of ether oxygens (including phenoxy) is 2. The van der Waals surface area contributed by atoms with Crippen LogP contribution in [-0.4, -0.2) is 24.5 Å². The van der Waals surface area contributed by atoms with E-state index in [2.05, 4.69) is 5.32 Å². The summed E-state index contributed by atoms with van der Waals surface area (Å²) in [5.74, 6) is -0.778. The summed E-state index contributed by atoms with van der Waals surface area (Å²) in [6.07, 6.45) is 1.39. The third-order valence-electron chi connectivity index (χ3n) is 5.85. The fourth-order valence-electron chi connectivity index (χ4n) is 3.92. The summed E-state index contributed by atoms with van der Waals surface area (Å²) in [7, 11) is 0. The average molecular weight is 519 g/mol. The Bertz CT molecular complexity index is 1410. The number of hydrogen-bond acceptors (Lipinski definition) is 5. The van der Waals surface area contributed by atoms with Crippen molar-refractivity contribution in [3.8, 4) is 11.5 Å². The van der Waals surface area contributed by atoms with Crippen molar-refractivity contribution in [1.29, 1.82) is 0 Å². The van der Waals surface area contributed by atoms with Crippen molar-refractivity contribution in [2.24, 2.45) is 0 Å². The second-order valence-corrected chi connectivity index (χ2v) is 9.19. The van der Waals surface area contributed by atoms with Crippen molar-refractivity contribution in [2.45, 2.75) is 34.3 Å². The lowest BCUT2D eigenvalue weighted by Gasteiger charge is -2.28. The molecule has 4 amide bonds. The van der Waals surface area contributed by atoms with E-state index in [1.807, 2.05) is 57.2 Å². The molecule has 190 valence electrons. The standard InChI is InChI=1S/C29H27ClN2O5/c1-5-36-25-15-21(14-23(30)26(25)37-16-20-10-7-17(2)8-11-20)13-22-27(33)31-29(35)32(28(22)34)24-12-18(3)6-9-19(24)4/h6-15H,5,16H2,1-4H3,(H,31,33,35)/b22-13+. The summed E-state index contributed by atoms with van der Waals surface area (Å²) in [6.45, 7) is 8.13. The average Bonchev–Trinajstić information content (AvgIpc) is 2.84. The molecule has 0 spiro atoms. The second-order valence-electron chi connectivity index (χ2n) is 8.79. The first-order chi connectivity index (χ1) is 17.7. The van der Waals surface area contributed by atoms with Gasteiger partial charge in [0.2, 0.25) is 0 Å². The zero-order valence-electron chi connectivity index (χ0n) is 21.1. The van der Waals surface area contributed by atoms with Gasteiger partial charge in [-0.2, -0.15) is 0 Å². The number of nitrogens with zero attached hydrogens (tertiary/aromatic N) is 1. The van der Waals surface area contributed by atoms with E-state index in [1.54, 1.807) is 25.1 Å². The van der Waals surface area contributed by atoms with Crippen LogP contribution in [0.1, 0.15) is 34.7 Å². The maximum atomic E-state index is 13.3. The number of urea groups is 1. The number of benzene rings is 3. The predicted octanol–water partition coefficient (Wildman–Crippen LogP) is 5.91. The highest BCUT2D eigenvalue weighted by atomic mass is 35.5. The number of carbonyl (C=O) groups is 3. The highest BCUT2D eigenvalue weighted by Gasteiger charge is 2.37. The molecule has 0 unspecified atom stereocenters. The van der Waals surface area contributed by atoms with Crippen molar-refractivity contribution in [3.05, 3.63) is 93.0 Å². The van der Waals surface area contributed by atoms with Gasteiger partial charge in [0.1, 0.15) is 12.2 Å². The Morgan fingerprint density at radius 3 is 2.32 bits per heavy atom. The maximum absolute atomic E-state index is 13.3. The Labute approximate surface area is 220 Å². The quantitative estimate of drug-likeness (QED) is 0.310. The number of anilines is 1. The van der Waals surface area contributed by atoms with Crippen molar-refractivity contribution < 1.29 is 23.9 Å². The van der Waals surface area contributed by atoms with Crippen LogP contribution in [0, 0.1) is 20.8 Å². The number of carbonyl (C=O) groups excluding carboxylic acids is 3. The summed E-state index contributed by atoms with van der Waals surface area (Å²) >= 11 is 6.55. The molecule has 1 aliphatic rings. The van der Waals surface area contributed by atoms with Crippen LogP contribution >= 0.6 is 11.6 Å². The van der Waals surface area contributed by atoms with Gasteiger partial charge >= 0.3 is 6.03 Å². The lowest BCUT2D eigenvalue weighted by Crippen LogP contribution is -2.54. The molecule has 1 aliphatic heterocycles. The highest BCUT2D eigenvalue weighted by molar-refractivity contribution is 6.39. The van der Waals surface area contributed by atoms with Gasteiger partial charge < -0.3 is 9.47 Å². The van der Waals surface area contributed by atoms with Gasteiger partial charge in [-0.1, -0.05) is 53.6 Å². The van der Waals surface area contributed by atoms with Gasteiger partial charge in [-0.3, -0.25) is 14.9 Å². The zero-order chi connectivity index (χ0) is 26.7. The third kappa shape index (κ3) is 5.67. The monoisotopic (exact) mass is 518 g/mol. The molecule has 0 bridgehead atoms. The molecule has 37 heavy (non-hydrogen) atoms.